The molecular weight excluding hydrogens is 174 g/mol. The largest absolute Gasteiger partial charge is 0.506 e. The fraction of sp³-hybridized carbons (Fsp3) is 0.222. The molecule has 1 N–H and O–H groups in total. The highest BCUT2D eigenvalue weighted by Crippen LogP contribution is 2.29. The van der Waals surface area contributed by atoms with Crippen LogP contribution in [0.2, 0.25) is 5.02 Å². The van der Waals surface area contributed by atoms with E-state index in [1.165, 1.54) is 0 Å². The van der Waals surface area contributed by atoms with E-state index in [1.54, 1.807) is 12.3 Å². The third-order valence-corrected chi connectivity index (χ3v) is 2.38. The van der Waals surface area contributed by atoms with Crippen molar-refractivity contribution in [2.24, 2.45) is 4.99 Å². The Kier molecular flexibility index (Phi) is 1.77. The van der Waals surface area contributed by atoms with E-state index >= 15 is 0 Å². The molecule has 2 rings (SSSR count). The number of hydrogen-bond donors (Lipinski definition) is 1. The number of halogens is 1. The summed E-state index contributed by atoms with van der Waals surface area (Å²) < 4.78 is 0. The molecule has 1 aromatic rings. The first-order chi connectivity index (χ1) is 5.79. The third kappa shape index (κ3) is 1.08. The van der Waals surface area contributed by atoms with Gasteiger partial charge in [-0.2, -0.15) is 0 Å². The maximum atomic E-state index is 9.28. The van der Waals surface area contributed by atoms with Crippen LogP contribution in [0.5, 0.6) is 5.75 Å². The number of rotatable bonds is 0. The van der Waals surface area contributed by atoms with Crippen LogP contribution in [0.3, 0.4) is 0 Å². The Morgan fingerprint density at radius 2 is 2.25 bits per heavy atom. The van der Waals surface area contributed by atoms with Crippen molar-refractivity contribution in [3.8, 4) is 5.75 Å². The second-order valence-electron chi connectivity index (χ2n) is 2.76. The molecule has 12 heavy (non-hydrogen) atoms. The summed E-state index contributed by atoms with van der Waals surface area (Å²) in [6, 6.07) is 3.52. The van der Waals surface area contributed by atoms with Crippen molar-refractivity contribution >= 4 is 17.8 Å². The summed E-state index contributed by atoms with van der Waals surface area (Å²) in [5, 5.41) is 9.69. The van der Waals surface area contributed by atoms with Crippen LogP contribution in [0.15, 0.2) is 17.1 Å². The highest BCUT2D eigenvalue weighted by atomic mass is 35.5. The second-order valence-corrected chi connectivity index (χ2v) is 3.13. The molecule has 1 aliphatic rings. The van der Waals surface area contributed by atoms with Crippen LogP contribution in [0.4, 0.5) is 0 Å². The van der Waals surface area contributed by atoms with Crippen LogP contribution in [0.25, 0.3) is 0 Å². The zero-order valence-corrected chi connectivity index (χ0v) is 7.17. The zero-order valence-electron chi connectivity index (χ0n) is 6.42. The van der Waals surface area contributed by atoms with Gasteiger partial charge < -0.3 is 5.11 Å². The van der Waals surface area contributed by atoms with Gasteiger partial charge in [-0.05, 0) is 18.1 Å². The Balaban J connectivity index is 2.64. The van der Waals surface area contributed by atoms with Crippen LogP contribution in [0.1, 0.15) is 11.1 Å². The van der Waals surface area contributed by atoms with E-state index in [0.29, 0.717) is 5.02 Å². The van der Waals surface area contributed by atoms with Gasteiger partial charge in [-0.15, -0.1) is 0 Å². The quantitative estimate of drug-likeness (QED) is 0.653. The molecule has 3 heteroatoms. The van der Waals surface area contributed by atoms with Gasteiger partial charge in [-0.25, -0.2) is 0 Å². The van der Waals surface area contributed by atoms with E-state index in [4.69, 9.17) is 11.6 Å². The SMILES string of the molecule is Oc1ccc2c(c1Cl)C=NCC2. The molecule has 1 heterocycles. The first-order valence-corrected chi connectivity index (χ1v) is 4.17. The van der Waals surface area contributed by atoms with Crippen molar-refractivity contribution in [3.05, 3.63) is 28.3 Å². The Hall–Kier alpha value is -1.02. The molecule has 0 atom stereocenters. The molecule has 0 spiro atoms. The van der Waals surface area contributed by atoms with Gasteiger partial charge in [0.1, 0.15) is 5.75 Å². The maximum absolute atomic E-state index is 9.28. The highest BCUT2D eigenvalue weighted by molar-refractivity contribution is 6.34. The van der Waals surface area contributed by atoms with E-state index in [-0.39, 0.29) is 5.75 Å². The van der Waals surface area contributed by atoms with Crippen molar-refractivity contribution < 1.29 is 5.11 Å². The lowest BCUT2D eigenvalue weighted by Gasteiger charge is -2.11. The van der Waals surface area contributed by atoms with Crippen LogP contribution >= 0.6 is 11.6 Å². The summed E-state index contributed by atoms with van der Waals surface area (Å²) in [7, 11) is 0. The summed E-state index contributed by atoms with van der Waals surface area (Å²) in [6.07, 6.45) is 2.63. The van der Waals surface area contributed by atoms with Crippen LogP contribution in [-0.2, 0) is 6.42 Å². The van der Waals surface area contributed by atoms with Gasteiger partial charge in [0, 0.05) is 18.3 Å². The van der Waals surface area contributed by atoms with Gasteiger partial charge in [-0.1, -0.05) is 17.7 Å². The average molecular weight is 182 g/mol. The number of aromatic hydroxyl groups is 1. The fourth-order valence-electron chi connectivity index (χ4n) is 1.32. The van der Waals surface area contributed by atoms with E-state index in [1.807, 2.05) is 6.07 Å². The van der Waals surface area contributed by atoms with Crippen molar-refractivity contribution in [1.29, 1.82) is 0 Å². The van der Waals surface area contributed by atoms with Crippen LogP contribution in [0, 0.1) is 0 Å². The minimum absolute atomic E-state index is 0.128. The summed E-state index contributed by atoms with van der Waals surface area (Å²) >= 11 is 5.87. The molecule has 0 aliphatic carbocycles. The number of hydrogen-bond acceptors (Lipinski definition) is 2. The smallest absolute Gasteiger partial charge is 0.134 e. The molecule has 0 fully saturated rings. The van der Waals surface area contributed by atoms with Crippen LogP contribution in [-0.4, -0.2) is 17.9 Å². The topological polar surface area (TPSA) is 32.6 Å². The molecule has 0 radical (unpaired) electrons. The van der Waals surface area contributed by atoms with Gasteiger partial charge in [0.2, 0.25) is 0 Å². The molecule has 1 aromatic carbocycles. The molecule has 0 saturated carbocycles. The van der Waals surface area contributed by atoms with Crippen molar-refractivity contribution in [3.63, 3.8) is 0 Å². The summed E-state index contributed by atoms with van der Waals surface area (Å²) in [6.45, 7) is 0.814. The molecule has 2 nitrogen and oxygen atoms in total. The monoisotopic (exact) mass is 181 g/mol. The van der Waals surface area contributed by atoms with Gasteiger partial charge in [0.15, 0.2) is 0 Å². The summed E-state index contributed by atoms with van der Waals surface area (Å²) in [5.41, 5.74) is 2.02. The lowest BCUT2D eigenvalue weighted by Crippen LogP contribution is -2.03. The molecule has 0 aromatic heterocycles. The minimum atomic E-state index is 0.128. The highest BCUT2D eigenvalue weighted by Gasteiger charge is 2.11. The zero-order chi connectivity index (χ0) is 8.55. The minimum Gasteiger partial charge on any atom is -0.506 e. The van der Waals surface area contributed by atoms with Crippen molar-refractivity contribution in [2.45, 2.75) is 6.42 Å². The fourth-order valence-corrected chi connectivity index (χ4v) is 1.55. The predicted molar refractivity (Wildman–Crippen MR) is 49.3 cm³/mol. The van der Waals surface area contributed by atoms with Crippen molar-refractivity contribution in [2.75, 3.05) is 6.54 Å². The predicted octanol–water partition coefficient (Wildman–Crippen LogP) is 2.02. The van der Waals surface area contributed by atoms with Gasteiger partial charge in [0.05, 0.1) is 5.02 Å². The number of fused-ring (bicyclic) bond motifs is 1. The normalized spacial score (nSPS) is 14.4. The lowest BCUT2D eigenvalue weighted by molar-refractivity contribution is 0.475. The average Bonchev–Trinajstić information content (AvgIpc) is 2.12. The third-order valence-electron chi connectivity index (χ3n) is 1.98. The van der Waals surface area contributed by atoms with Gasteiger partial charge >= 0.3 is 0 Å². The molecule has 0 saturated heterocycles. The summed E-state index contributed by atoms with van der Waals surface area (Å²) in [4.78, 5) is 4.10. The van der Waals surface area contributed by atoms with Crippen LogP contribution < -0.4 is 0 Å². The number of nitrogens with zero attached hydrogens (tertiary/aromatic N) is 1. The van der Waals surface area contributed by atoms with E-state index in [0.717, 1.165) is 24.1 Å². The number of benzene rings is 1. The molecule has 62 valence electrons. The molecule has 0 bridgehead atoms. The molecule has 1 aliphatic heterocycles. The molecular formula is C9H8ClNO. The lowest BCUT2D eigenvalue weighted by atomic mass is 10.0. The van der Waals surface area contributed by atoms with Gasteiger partial charge in [0.25, 0.3) is 0 Å². The maximum Gasteiger partial charge on any atom is 0.134 e. The Bertz CT molecular complexity index is 347. The van der Waals surface area contributed by atoms with E-state index in [9.17, 15) is 5.11 Å². The standard InChI is InChI=1S/C9H8ClNO/c10-9-7-5-11-4-3-6(7)1-2-8(9)12/h1-2,5,12H,3-4H2. The van der Waals surface area contributed by atoms with Crippen molar-refractivity contribution in [1.82, 2.24) is 0 Å². The Morgan fingerprint density at radius 1 is 1.42 bits per heavy atom. The Labute approximate surface area is 75.5 Å². The molecule has 0 amide bonds. The number of phenols is 1. The first kappa shape index (κ1) is 7.62. The Morgan fingerprint density at radius 3 is 3.08 bits per heavy atom. The molecule has 0 unspecified atom stereocenters. The van der Waals surface area contributed by atoms with E-state index in [2.05, 4.69) is 4.99 Å². The van der Waals surface area contributed by atoms with E-state index < -0.39 is 0 Å². The number of phenolic OH excluding ortho intramolecular Hbond substituents is 1. The number of aliphatic imine (C=N–C) groups is 1. The summed E-state index contributed by atoms with van der Waals surface area (Å²) in [5.74, 6) is 0.128. The first-order valence-electron chi connectivity index (χ1n) is 3.79. The van der Waals surface area contributed by atoms with Gasteiger partial charge in [-0.3, -0.25) is 4.99 Å². The second kappa shape index (κ2) is 2.79.